The largest absolute Gasteiger partial charge is 0.484 e. The van der Waals surface area contributed by atoms with Crippen LogP contribution in [-0.2, 0) is 19.6 Å². The monoisotopic (exact) mass is 493 g/mol. The summed E-state index contributed by atoms with van der Waals surface area (Å²) in [6.45, 7) is 0.871. The summed E-state index contributed by atoms with van der Waals surface area (Å²) in [5, 5.41) is 14.0. The molecule has 10 nitrogen and oxygen atoms in total. The predicted octanol–water partition coefficient (Wildman–Crippen LogP) is 2.41. The van der Waals surface area contributed by atoms with E-state index in [0.29, 0.717) is 19.6 Å². The Morgan fingerprint density at radius 2 is 1.94 bits per heavy atom. The number of ether oxygens (including phenoxy) is 2. The summed E-state index contributed by atoms with van der Waals surface area (Å²) < 4.78 is 52.6. The fraction of sp³-hybridized carbons (Fsp3) is 0.364. The molecule has 0 radical (unpaired) electrons. The fourth-order valence-electron chi connectivity index (χ4n) is 3.89. The fourth-order valence-corrected chi connectivity index (χ4v) is 5.39. The van der Waals surface area contributed by atoms with Crippen molar-refractivity contribution in [1.82, 2.24) is 5.32 Å². The highest BCUT2D eigenvalue weighted by molar-refractivity contribution is 7.92. The number of carbonyl (C=O) groups excluding carboxylic acids is 1. The van der Waals surface area contributed by atoms with Crippen LogP contribution in [0.5, 0.6) is 5.75 Å². The van der Waals surface area contributed by atoms with Gasteiger partial charge in [0.25, 0.3) is 10.0 Å². The smallest absolute Gasteiger partial charge is 0.409 e. The number of benzene rings is 2. The number of rotatable bonds is 6. The van der Waals surface area contributed by atoms with Gasteiger partial charge in [0, 0.05) is 12.3 Å². The summed E-state index contributed by atoms with van der Waals surface area (Å²) in [6, 6.07) is 8.63. The molecule has 34 heavy (non-hydrogen) atoms. The second kappa shape index (κ2) is 9.85. The summed E-state index contributed by atoms with van der Waals surface area (Å²) >= 11 is 0. The lowest BCUT2D eigenvalue weighted by Crippen LogP contribution is -2.49. The molecule has 2 aliphatic heterocycles. The lowest BCUT2D eigenvalue weighted by atomic mass is 10.0. The number of sulfonamides is 1. The number of hydrogen-bond donors (Lipinski definition) is 3. The number of anilines is 2. The first-order valence-electron chi connectivity index (χ1n) is 10.7. The van der Waals surface area contributed by atoms with Crippen molar-refractivity contribution < 1.29 is 37.0 Å². The summed E-state index contributed by atoms with van der Waals surface area (Å²) in [6.07, 6.45) is -0.516. The molecule has 2 atom stereocenters. The summed E-state index contributed by atoms with van der Waals surface area (Å²) in [4.78, 5) is 23.4. The van der Waals surface area contributed by atoms with E-state index in [4.69, 9.17) is 14.6 Å². The maximum absolute atomic E-state index is 13.4. The molecule has 2 aliphatic rings. The van der Waals surface area contributed by atoms with E-state index >= 15 is 0 Å². The van der Waals surface area contributed by atoms with Gasteiger partial charge in [-0.15, -0.1) is 0 Å². The first-order valence-corrected chi connectivity index (χ1v) is 12.1. The molecule has 0 aromatic heterocycles. The highest BCUT2D eigenvalue weighted by atomic mass is 32.2. The summed E-state index contributed by atoms with van der Waals surface area (Å²) in [7, 11) is -4.15. The number of hydrogen-bond acceptors (Lipinski definition) is 6. The van der Waals surface area contributed by atoms with Gasteiger partial charge in [0.15, 0.2) is 0 Å². The van der Waals surface area contributed by atoms with Crippen LogP contribution < -0.4 is 19.7 Å². The third-order valence-electron chi connectivity index (χ3n) is 5.58. The number of halogens is 1. The molecule has 2 aromatic carbocycles. The van der Waals surface area contributed by atoms with Crippen LogP contribution >= 0.6 is 0 Å². The van der Waals surface area contributed by atoms with E-state index in [1.165, 1.54) is 18.2 Å². The van der Waals surface area contributed by atoms with E-state index in [9.17, 15) is 22.4 Å². The van der Waals surface area contributed by atoms with Crippen LogP contribution in [-0.4, -0.2) is 57.9 Å². The zero-order valence-electron chi connectivity index (χ0n) is 18.1. The van der Waals surface area contributed by atoms with Crippen molar-refractivity contribution in [3.05, 3.63) is 48.3 Å². The molecule has 0 spiro atoms. The second-order valence-electron chi connectivity index (χ2n) is 8.00. The predicted molar refractivity (Wildman–Crippen MR) is 120 cm³/mol. The van der Waals surface area contributed by atoms with Crippen molar-refractivity contribution >= 4 is 33.4 Å². The Morgan fingerprint density at radius 1 is 1.18 bits per heavy atom. The minimum Gasteiger partial charge on any atom is -0.484 e. The Balaban J connectivity index is 1.60. The molecule has 4 rings (SSSR count). The summed E-state index contributed by atoms with van der Waals surface area (Å²) in [5.74, 6) is -0.842. The number of nitrogens with zero attached hydrogens (tertiary/aromatic N) is 1. The normalized spacial score (nSPS) is 20.1. The Morgan fingerprint density at radius 3 is 2.62 bits per heavy atom. The van der Waals surface area contributed by atoms with Gasteiger partial charge in [-0.2, -0.15) is 0 Å². The number of carboxylic acid groups (broad SMARTS) is 1. The van der Waals surface area contributed by atoms with E-state index in [0.717, 1.165) is 35.0 Å². The molecular weight excluding hydrogens is 469 g/mol. The average Bonchev–Trinajstić information content (AvgIpc) is 2.82. The van der Waals surface area contributed by atoms with Crippen molar-refractivity contribution in [2.75, 3.05) is 35.9 Å². The molecule has 12 heteroatoms. The average molecular weight is 494 g/mol. The molecule has 2 aromatic rings. The number of carbonyl (C=O) groups is 2. The van der Waals surface area contributed by atoms with Gasteiger partial charge >= 0.3 is 6.09 Å². The molecule has 1 unspecified atom stereocenters. The van der Waals surface area contributed by atoms with Gasteiger partial charge in [-0.1, -0.05) is 0 Å². The van der Waals surface area contributed by atoms with Gasteiger partial charge in [-0.05, 0) is 55.3 Å². The Kier molecular flexibility index (Phi) is 6.89. The van der Waals surface area contributed by atoms with Crippen molar-refractivity contribution in [3.8, 4) is 5.75 Å². The van der Waals surface area contributed by atoms with Gasteiger partial charge in [-0.3, -0.25) is 14.4 Å². The Labute approximate surface area is 195 Å². The highest BCUT2D eigenvalue weighted by Crippen LogP contribution is 2.39. The topological polar surface area (TPSA) is 134 Å². The minimum absolute atomic E-state index is 0.0549. The standard InChI is InChI=1S/C22H24FN3O7S/c23-15-3-6-18(7-4-15)34(30,31)26-12-17(11-24-21(27)14-2-1-9-32-13-14)33-20-8-5-16(10-19(20)26)25-22(28)29/h3-8,10,14,17,25H,1-2,9,11-13H2,(H,24,27)(H,28,29)/t14?,17-/m0/s1. The third-order valence-corrected chi connectivity index (χ3v) is 7.37. The lowest BCUT2D eigenvalue weighted by Gasteiger charge is -2.36. The van der Waals surface area contributed by atoms with Crippen LogP contribution in [0.15, 0.2) is 47.4 Å². The van der Waals surface area contributed by atoms with E-state index in [1.54, 1.807) is 0 Å². The van der Waals surface area contributed by atoms with Crippen molar-refractivity contribution in [2.24, 2.45) is 5.92 Å². The molecule has 1 saturated heterocycles. The van der Waals surface area contributed by atoms with Crippen LogP contribution in [0.1, 0.15) is 12.8 Å². The van der Waals surface area contributed by atoms with Crippen molar-refractivity contribution in [3.63, 3.8) is 0 Å². The van der Waals surface area contributed by atoms with E-state index < -0.39 is 28.0 Å². The lowest BCUT2D eigenvalue weighted by molar-refractivity contribution is -0.129. The van der Waals surface area contributed by atoms with E-state index in [-0.39, 0.29) is 46.9 Å². The zero-order chi connectivity index (χ0) is 24.3. The van der Waals surface area contributed by atoms with Crippen molar-refractivity contribution in [2.45, 2.75) is 23.8 Å². The molecule has 1 fully saturated rings. The number of amides is 2. The molecule has 182 valence electrons. The van der Waals surface area contributed by atoms with Crippen LogP contribution in [0, 0.1) is 11.7 Å². The van der Waals surface area contributed by atoms with E-state index in [2.05, 4.69) is 10.6 Å². The van der Waals surface area contributed by atoms with Gasteiger partial charge in [0.2, 0.25) is 5.91 Å². The van der Waals surface area contributed by atoms with E-state index in [1.807, 2.05) is 0 Å². The Hall–Kier alpha value is -3.38. The minimum atomic E-state index is -4.15. The molecule has 0 bridgehead atoms. The Bertz CT molecular complexity index is 1170. The first kappa shape index (κ1) is 23.8. The van der Waals surface area contributed by atoms with Gasteiger partial charge in [0.05, 0.1) is 36.2 Å². The maximum atomic E-state index is 13.4. The molecule has 2 heterocycles. The number of fused-ring (bicyclic) bond motifs is 1. The number of nitrogens with one attached hydrogen (secondary N) is 2. The molecule has 0 aliphatic carbocycles. The molecule has 0 saturated carbocycles. The second-order valence-corrected chi connectivity index (χ2v) is 9.86. The quantitative estimate of drug-likeness (QED) is 0.563. The summed E-state index contributed by atoms with van der Waals surface area (Å²) in [5.41, 5.74) is 0.275. The first-order chi connectivity index (χ1) is 16.2. The third kappa shape index (κ3) is 5.23. The molecule has 3 N–H and O–H groups in total. The van der Waals surface area contributed by atoms with Gasteiger partial charge in [-0.25, -0.2) is 17.6 Å². The highest BCUT2D eigenvalue weighted by Gasteiger charge is 2.35. The van der Waals surface area contributed by atoms with Crippen LogP contribution in [0.25, 0.3) is 0 Å². The van der Waals surface area contributed by atoms with Crippen LogP contribution in [0.4, 0.5) is 20.6 Å². The molecular formula is C22H24FN3O7S. The van der Waals surface area contributed by atoms with Crippen molar-refractivity contribution in [1.29, 1.82) is 0 Å². The van der Waals surface area contributed by atoms with Crippen LogP contribution in [0.2, 0.25) is 0 Å². The maximum Gasteiger partial charge on any atom is 0.409 e. The van der Waals surface area contributed by atoms with Crippen LogP contribution in [0.3, 0.4) is 0 Å². The zero-order valence-corrected chi connectivity index (χ0v) is 18.9. The molecule has 2 amide bonds. The SMILES string of the molecule is O=C(O)Nc1ccc2c(c1)N(S(=O)(=O)c1ccc(F)cc1)C[C@H](CNC(=O)C1CCCOC1)O2. The van der Waals surface area contributed by atoms with Gasteiger partial charge in [0.1, 0.15) is 17.7 Å². The van der Waals surface area contributed by atoms with Gasteiger partial charge < -0.3 is 19.9 Å².